The molecule has 0 unspecified atom stereocenters. The van der Waals surface area contributed by atoms with E-state index in [1.54, 1.807) is 12.1 Å². The molecule has 1 aromatic carbocycles. The molecule has 3 N–H and O–H groups in total. The lowest BCUT2D eigenvalue weighted by Crippen LogP contribution is -2.19. The third kappa shape index (κ3) is 2.92. The number of pyridine rings is 1. The summed E-state index contributed by atoms with van der Waals surface area (Å²) in [4.78, 5) is 15.7. The predicted octanol–water partition coefficient (Wildman–Crippen LogP) is 2.11. The van der Waals surface area contributed by atoms with E-state index in [4.69, 9.17) is 18.0 Å². The Labute approximate surface area is 114 Å². The summed E-state index contributed by atoms with van der Waals surface area (Å²) in [7, 11) is 0. The minimum absolute atomic E-state index is 0.0277. The highest BCUT2D eigenvalue weighted by atomic mass is 32.1. The third-order valence-electron chi connectivity index (χ3n) is 2.45. The number of anilines is 1. The molecule has 2 aromatic rings. The van der Waals surface area contributed by atoms with Crippen molar-refractivity contribution in [2.24, 2.45) is 5.73 Å². The van der Waals surface area contributed by atoms with Crippen LogP contribution in [0.3, 0.4) is 0 Å². The van der Waals surface area contributed by atoms with Crippen molar-refractivity contribution in [3.8, 4) is 0 Å². The second kappa shape index (κ2) is 5.53. The number of aromatic nitrogens is 1. The number of rotatable bonds is 3. The van der Waals surface area contributed by atoms with Crippen LogP contribution in [-0.2, 0) is 0 Å². The normalized spacial score (nSPS) is 9.95. The monoisotopic (exact) mass is 275 g/mol. The van der Waals surface area contributed by atoms with Crippen LogP contribution in [0, 0.1) is 5.82 Å². The molecular weight excluding hydrogens is 265 g/mol. The highest BCUT2D eigenvalue weighted by Gasteiger charge is 2.14. The van der Waals surface area contributed by atoms with Crippen molar-refractivity contribution in [1.82, 2.24) is 4.98 Å². The number of amides is 1. The van der Waals surface area contributed by atoms with Crippen LogP contribution in [0.15, 0.2) is 42.7 Å². The quantitative estimate of drug-likeness (QED) is 0.842. The average molecular weight is 275 g/mol. The fraction of sp³-hybridized carbons (Fsp3) is 0. The van der Waals surface area contributed by atoms with Gasteiger partial charge in [-0.25, -0.2) is 4.39 Å². The molecule has 0 saturated heterocycles. The molecule has 0 aliphatic heterocycles. The van der Waals surface area contributed by atoms with E-state index in [2.05, 4.69) is 10.3 Å². The van der Waals surface area contributed by atoms with E-state index in [1.807, 2.05) is 0 Å². The lowest BCUT2D eigenvalue weighted by molar-refractivity contribution is 0.102. The summed E-state index contributed by atoms with van der Waals surface area (Å²) in [5.41, 5.74) is 6.14. The van der Waals surface area contributed by atoms with Crippen LogP contribution >= 0.6 is 12.2 Å². The van der Waals surface area contributed by atoms with Crippen molar-refractivity contribution in [3.63, 3.8) is 0 Å². The average Bonchev–Trinajstić information content (AvgIpc) is 2.39. The van der Waals surface area contributed by atoms with Gasteiger partial charge in [-0.15, -0.1) is 0 Å². The topological polar surface area (TPSA) is 68.0 Å². The zero-order chi connectivity index (χ0) is 13.8. The maximum atomic E-state index is 13.6. The van der Waals surface area contributed by atoms with Gasteiger partial charge in [0.05, 0.1) is 11.3 Å². The van der Waals surface area contributed by atoms with Gasteiger partial charge in [0.1, 0.15) is 10.8 Å². The Morgan fingerprint density at radius 2 is 1.95 bits per heavy atom. The van der Waals surface area contributed by atoms with E-state index in [0.29, 0.717) is 5.56 Å². The number of benzene rings is 1. The van der Waals surface area contributed by atoms with Gasteiger partial charge in [0.25, 0.3) is 5.91 Å². The fourth-order valence-electron chi connectivity index (χ4n) is 1.58. The van der Waals surface area contributed by atoms with Crippen LogP contribution < -0.4 is 11.1 Å². The molecule has 0 bridgehead atoms. The Bertz CT molecular complexity index is 631. The first-order valence-corrected chi connectivity index (χ1v) is 5.80. The smallest absolute Gasteiger partial charge is 0.255 e. The van der Waals surface area contributed by atoms with Crippen LogP contribution in [0.4, 0.5) is 10.1 Å². The van der Waals surface area contributed by atoms with Crippen molar-refractivity contribution < 1.29 is 9.18 Å². The number of carbonyl (C=O) groups is 1. The van der Waals surface area contributed by atoms with Gasteiger partial charge in [-0.1, -0.05) is 18.3 Å². The molecule has 96 valence electrons. The molecule has 2 rings (SSSR count). The molecule has 0 radical (unpaired) electrons. The molecule has 1 amide bonds. The zero-order valence-electron chi connectivity index (χ0n) is 9.76. The van der Waals surface area contributed by atoms with Crippen LogP contribution in [0.25, 0.3) is 0 Å². The SMILES string of the molecule is NC(=S)c1c(F)cccc1NC(=O)c1ccncc1. The van der Waals surface area contributed by atoms with Crippen LogP contribution in [0.5, 0.6) is 0 Å². The number of halogens is 1. The lowest BCUT2D eigenvalue weighted by Gasteiger charge is -2.10. The molecule has 19 heavy (non-hydrogen) atoms. The Kier molecular flexibility index (Phi) is 3.82. The van der Waals surface area contributed by atoms with Crippen molar-refractivity contribution in [2.75, 3.05) is 5.32 Å². The molecule has 0 fully saturated rings. The van der Waals surface area contributed by atoms with E-state index < -0.39 is 5.82 Å². The van der Waals surface area contributed by atoms with Gasteiger partial charge in [-0.05, 0) is 24.3 Å². The maximum Gasteiger partial charge on any atom is 0.255 e. The van der Waals surface area contributed by atoms with Gasteiger partial charge in [-0.2, -0.15) is 0 Å². The van der Waals surface area contributed by atoms with E-state index in [0.717, 1.165) is 0 Å². The number of nitrogens with two attached hydrogens (primary N) is 1. The number of thiocarbonyl (C=S) groups is 1. The molecular formula is C13H10FN3OS. The Morgan fingerprint density at radius 1 is 1.26 bits per heavy atom. The maximum absolute atomic E-state index is 13.6. The molecule has 1 heterocycles. The summed E-state index contributed by atoms with van der Waals surface area (Å²) in [6.07, 6.45) is 2.99. The van der Waals surface area contributed by atoms with Crippen LogP contribution in [-0.4, -0.2) is 15.9 Å². The highest BCUT2D eigenvalue weighted by Crippen LogP contribution is 2.19. The number of carbonyl (C=O) groups excluding carboxylic acids is 1. The number of hydrogen-bond acceptors (Lipinski definition) is 3. The molecule has 0 aliphatic rings. The Hall–Kier alpha value is -2.34. The third-order valence-corrected chi connectivity index (χ3v) is 2.65. The molecule has 6 heteroatoms. The van der Waals surface area contributed by atoms with Gasteiger partial charge in [-0.3, -0.25) is 9.78 Å². The van der Waals surface area contributed by atoms with Gasteiger partial charge >= 0.3 is 0 Å². The van der Waals surface area contributed by atoms with Gasteiger partial charge < -0.3 is 11.1 Å². The standard InChI is InChI=1S/C13H10FN3OS/c14-9-2-1-3-10(11(9)12(15)19)17-13(18)8-4-6-16-7-5-8/h1-7H,(H2,15,19)(H,17,18). The minimum atomic E-state index is -0.569. The minimum Gasteiger partial charge on any atom is -0.389 e. The number of nitrogens with one attached hydrogen (secondary N) is 1. The fourth-order valence-corrected chi connectivity index (χ4v) is 1.78. The summed E-state index contributed by atoms with van der Waals surface area (Å²) in [5, 5.41) is 2.57. The van der Waals surface area contributed by atoms with Crippen LogP contribution in [0.1, 0.15) is 15.9 Å². The zero-order valence-corrected chi connectivity index (χ0v) is 10.6. The summed E-state index contributed by atoms with van der Waals surface area (Å²) in [6.45, 7) is 0. The summed E-state index contributed by atoms with van der Waals surface area (Å²) in [6, 6.07) is 7.34. The first-order chi connectivity index (χ1) is 9.09. The molecule has 0 atom stereocenters. The van der Waals surface area contributed by atoms with E-state index in [-0.39, 0.29) is 22.1 Å². The second-order valence-electron chi connectivity index (χ2n) is 3.72. The summed E-state index contributed by atoms with van der Waals surface area (Å²) in [5.74, 6) is -0.953. The Morgan fingerprint density at radius 3 is 2.58 bits per heavy atom. The van der Waals surface area contributed by atoms with E-state index in [9.17, 15) is 9.18 Å². The largest absolute Gasteiger partial charge is 0.389 e. The van der Waals surface area contributed by atoms with E-state index >= 15 is 0 Å². The summed E-state index contributed by atoms with van der Waals surface area (Å²) >= 11 is 4.78. The van der Waals surface area contributed by atoms with Gasteiger partial charge in [0.15, 0.2) is 0 Å². The lowest BCUT2D eigenvalue weighted by atomic mass is 10.1. The highest BCUT2D eigenvalue weighted by molar-refractivity contribution is 7.80. The van der Waals surface area contributed by atoms with Crippen molar-refractivity contribution in [3.05, 3.63) is 59.7 Å². The second-order valence-corrected chi connectivity index (χ2v) is 4.16. The Balaban J connectivity index is 2.32. The van der Waals surface area contributed by atoms with Crippen LogP contribution in [0.2, 0.25) is 0 Å². The van der Waals surface area contributed by atoms with Gasteiger partial charge in [0.2, 0.25) is 0 Å². The van der Waals surface area contributed by atoms with Gasteiger partial charge in [0, 0.05) is 18.0 Å². The number of nitrogens with zero attached hydrogens (tertiary/aromatic N) is 1. The van der Waals surface area contributed by atoms with Crippen molar-refractivity contribution in [1.29, 1.82) is 0 Å². The predicted molar refractivity (Wildman–Crippen MR) is 74.5 cm³/mol. The van der Waals surface area contributed by atoms with Crippen molar-refractivity contribution >= 4 is 28.8 Å². The summed E-state index contributed by atoms with van der Waals surface area (Å²) < 4.78 is 13.6. The first kappa shape index (κ1) is 13.1. The van der Waals surface area contributed by atoms with E-state index in [1.165, 1.54) is 30.6 Å². The molecule has 0 spiro atoms. The molecule has 4 nitrogen and oxygen atoms in total. The molecule has 0 saturated carbocycles. The molecule has 0 aliphatic carbocycles. The molecule has 1 aromatic heterocycles. The first-order valence-electron chi connectivity index (χ1n) is 5.39. The van der Waals surface area contributed by atoms with Crippen molar-refractivity contribution in [2.45, 2.75) is 0 Å². The number of hydrogen-bond donors (Lipinski definition) is 2.